The Labute approximate surface area is 217 Å². The van der Waals surface area contributed by atoms with E-state index in [0.29, 0.717) is 16.4 Å². The number of aryl methyl sites for hydroxylation is 1. The highest BCUT2D eigenvalue weighted by Gasteiger charge is 2.54. The first kappa shape index (κ1) is 25.9. The number of β-lactam (4-membered cyclic amide) rings is 1. The van der Waals surface area contributed by atoms with E-state index in [-0.39, 0.29) is 28.8 Å². The molecule has 0 aromatic carbocycles. The van der Waals surface area contributed by atoms with E-state index in [4.69, 9.17) is 10.6 Å². The molecule has 0 radical (unpaired) electrons. The summed E-state index contributed by atoms with van der Waals surface area (Å²) < 4.78 is 14.4. The van der Waals surface area contributed by atoms with Gasteiger partial charge in [-0.2, -0.15) is 4.57 Å². The average Bonchev–Trinajstić information content (AvgIpc) is 3.29. The Bertz CT molecular complexity index is 1250. The summed E-state index contributed by atoms with van der Waals surface area (Å²) >= 11 is 3.89. The largest absolute Gasteiger partial charge is 0.477 e. The first-order valence-corrected chi connectivity index (χ1v) is 13.4. The number of amides is 2. The van der Waals surface area contributed by atoms with E-state index in [1.54, 1.807) is 0 Å². The molecule has 2 aromatic heterocycles. The van der Waals surface area contributed by atoms with E-state index < -0.39 is 36.5 Å². The molecule has 2 aliphatic heterocycles. The predicted molar refractivity (Wildman–Crippen MR) is 133 cm³/mol. The van der Waals surface area contributed by atoms with Gasteiger partial charge in [-0.1, -0.05) is 16.9 Å². The molecule has 1 saturated heterocycles. The molecule has 1 fully saturated rings. The van der Waals surface area contributed by atoms with Crippen molar-refractivity contribution in [3.63, 3.8) is 0 Å². The van der Waals surface area contributed by atoms with Crippen LogP contribution in [0.5, 0.6) is 0 Å². The van der Waals surface area contributed by atoms with E-state index >= 15 is 0 Å². The quantitative estimate of drug-likeness (QED) is 0.0968. The molecule has 0 saturated carbocycles. The highest BCUT2D eigenvalue weighted by atomic mass is 32.2. The maximum absolute atomic E-state index is 13.0. The number of pyridine rings is 1. The number of carboxylic acid groups (broad SMARTS) is 1. The van der Waals surface area contributed by atoms with Gasteiger partial charge in [0, 0.05) is 33.9 Å². The van der Waals surface area contributed by atoms with Crippen LogP contribution in [0.3, 0.4) is 0 Å². The normalized spacial score (nSPS) is 19.6. The number of alkyl halides is 1. The van der Waals surface area contributed by atoms with Gasteiger partial charge in [-0.15, -0.1) is 23.1 Å². The Hall–Kier alpha value is -3.17. The highest BCUT2D eigenvalue weighted by Crippen LogP contribution is 2.40. The number of nitrogen functional groups attached to an aromatic ring is 1. The topological polar surface area (TPSA) is 151 Å². The van der Waals surface area contributed by atoms with E-state index in [0.717, 1.165) is 16.4 Å². The lowest BCUT2D eigenvalue weighted by Gasteiger charge is -2.49. The summed E-state index contributed by atoms with van der Waals surface area (Å²) in [5.41, 5.74) is 5.42. The highest BCUT2D eigenvalue weighted by molar-refractivity contribution is 8.06. The Kier molecular flexibility index (Phi) is 8.11. The summed E-state index contributed by atoms with van der Waals surface area (Å²) in [5.74, 6) is -1.73. The molecular formula is C21H22FN6O5S3+. The number of hydrogen-bond donors (Lipinski definition) is 3. The number of carbonyl (C=O) groups is 3. The van der Waals surface area contributed by atoms with Crippen LogP contribution in [0.1, 0.15) is 5.69 Å². The molecule has 0 bridgehead atoms. The molecule has 4 heterocycles. The second kappa shape index (κ2) is 11.3. The van der Waals surface area contributed by atoms with Crippen molar-refractivity contribution in [3.05, 3.63) is 46.1 Å². The number of fused-ring (bicyclic) bond motifs is 1. The molecule has 2 atom stereocenters. The second-order valence-corrected chi connectivity index (χ2v) is 10.6. The van der Waals surface area contributed by atoms with Crippen molar-refractivity contribution < 1.29 is 33.3 Å². The lowest BCUT2D eigenvalue weighted by atomic mass is 9.94. The van der Waals surface area contributed by atoms with Gasteiger partial charge in [-0.25, -0.2) is 14.2 Å². The van der Waals surface area contributed by atoms with Crippen molar-refractivity contribution in [1.29, 1.82) is 0 Å². The van der Waals surface area contributed by atoms with Gasteiger partial charge in [0.05, 0.1) is 6.04 Å². The molecular weight excluding hydrogens is 531 g/mol. The van der Waals surface area contributed by atoms with Gasteiger partial charge in [0.25, 0.3) is 11.8 Å². The summed E-state index contributed by atoms with van der Waals surface area (Å²) in [6.45, 7) is -1.17. The van der Waals surface area contributed by atoms with Gasteiger partial charge >= 0.3 is 5.97 Å². The van der Waals surface area contributed by atoms with Crippen LogP contribution in [0.2, 0.25) is 0 Å². The number of halogens is 1. The van der Waals surface area contributed by atoms with Crippen molar-refractivity contribution in [3.8, 4) is 0 Å². The second-order valence-electron chi connectivity index (χ2n) is 7.59. The molecule has 4 N–H and O–H groups in total. The average molecular weight is 554 g/mol. The monoisotopic (exact) mass is 553 g/mol. The van der Waals surface area contributed by atoms with Crippen LogP contribution in [-0.4, -0.2) is 75.4 Å². The number of oxime groups is 1. The first-order chi connectivity index (χ1) is 17.3. The number of aliphatic carboxylic acids is 1. The summed E-state index contributed by atoms with van der Waals surface area (Å²) in [5, 5.41) is 18.8. The molecule has 2 amide bonds. The number of rotatable bonds is 10. The Morgan fingerprint density at radius 2 is 2.28 bits per heavy atom. The number of nitrogens with two attached hydrogens (primary N) is 1. The van der Waals surface area contributed by atoms with E-state index in [1.165, 1.54) is 33.8 Å². The van der Waals surface area contributed by atoms with Gasteiger partial charge in [-0.05, 0) is 6.07 Å². The Morgan fingerprint density at radius 1 is 1.47 bits per heavy atom. The fourth-order valence-corrected chi connectivity index (χ4v) is 6.57. The maximum atomic E-state index is 13.0. The molecule has 190 valence electrons. The lowest BCUT2D eigenvalue weighted by molar-refractivity contribution is -0.708. The van der Waals surface area contributed by atoms with Gasteiger partial charge in [0.1, 0.15) is 37.8 Å². The van der Waals surface area contributed by atoms with Crippen molar-refractivity contribution in [2.24, 2.45) is 12.2 Å². The lowest BCUT2D eigenvalue weighted by Crippen LogP contribution is -2.73. The standard InChI is InChI=1S/C21H21FN6O5S3/c1-27-6-3-2-4-14(27)35-10-13-17(20(31)32)28-12(9-34-13)16(19(28)30)25-18(29)15(26-33-7-5-22)11-8-36-21(23)24-11/h2-4,6,8,12,16H,5,7,9-10H2,1H3,(H3-,23,24,25,29,31,32)/p+1/t12-,16+/m1/s1. The zero-order valence-corrected chi connectivity index (χ0v) is 21.4. The Morgan fingerprint density at radius 3 is 2.94 bits per heavy atom. The fourth-order valence-electron chi connectivity index (χ4n) is 3.62. The number of thiazole rings is 1. The minimum Gasteiger partial charge on any atom is -0.477 e. The van der Waals surface area contributed by atoms with Gasteiger partial charge in [0.15, 0.2) is 17.0 Å². The number of hydrogen-bond acceptors (Lipinski definition) is 10. The molecule has 36 heavy (non-hydrogen) atoms. The molecule has 0 spiro atoms. The van der Waals surface area contributed by atoms with Crippen molar-refractivity contribution >= 4 is 63.5 Å². The van der Waals surface area contributed by atoms with Gasteiger partial charge < -0.3 is 21.0 Å². The third kappa shape index (κ3) is 5.32. The number of nitrogens with one attached hydrogen (secondary N) is 1. The summed E-state index contributed by atoms with van der Waals surface area (Å²) in [7, 11) is 1.89. The van der Waals surface area contributed by atoms with Crippen LogP contribution in [-0.2, 0) is 26.3 Å². The third-order valence-electron chi connectivity index (χ3n) is 5.30. The number of carboxylic acids is 1. The SMILES string of the molecule is C[n+]1ccccc1SCC1=C(C(=O)O)N2C(=O)[C@@H](NC(=O)C(=NOCCF)c3csc(N)n3)[C@H]2CS1. The number of thioether (sulfide) groups is 2. The van der Waals surface area contributed by atoms with Crippen LogP contribution in [0, 0.1) is 0 Å². The molecule has 2 aromatic rings. The van der Waals surface area contributed by atoms with Crippen LogP contribution in [0.25, 0.3) is 0 Å². The van der Waals surface area contributed by atoms with E-state index in [2.05, 4.69) is 15.5 Å². The smallest absolute Gasteiger partial charge is 0.353 e. The van der Waals surface area contributed by atoms with Gasteiger partial charge in [-0.3, -0.25) is 14.5 Å². The fraction of sp³-hybridized carbons (Fsp3) is 0.333. The van der Waals surface area contributed by atoms with Crippen LogP contribution < -0.4 is 15.6 Å². The number of carbonyl (C=O) groups excluding carboxylic acids is 2. The summed E-state index contributed by atoms with van der Waals surface area (Å²) in [6, 6.07) is 4.21. The maximum Gasteiger partial charge on any atom is 0.353 e. The number of aromatic nitrogens is 2. The predicted octanol–water partition coefficient (Wildman–Crippen LogP) is 0.771. The molecule has 4 rings (SSSR count). The molecule has 15 heteroatoms. The molecule has 0 aliphatic carbocycles. The van der Waals surface area contributed by atoms with Crippen LogP contribution in [0.4, 0.5) is 9.52 Å². The van der Waals surface area contributed by atoms with Crippen molar-refractivity contribution in [1.82, 2.24) is 15.2 Å². The van der Waals surface area contributed by atoms with E-state index in [9.17, 15) is 23.9 Å². The van der Waals surface area contributed by atoms with Gasteiger partial charge in [0.2, 0.25) is 5.03 Å². The zero-order chi connectivity index (χ0) is 25.8. The van der Waals surface area contributed by atoms with Crippen LogP contribution in [0.15, 0.2) is 50.6 Å². The number of anilines is 1. The minimum atomic E-state index is -1.21. The van der Waals surface area contributed by atoms with E-state index in [1.807, 2.05) is 36.0 Å². The Balaban J connectivity index is 1.49. The van der Waals surface area contributed by atoms with Crippen molar-refractivity contribution in [2.45, 2.75) is 17.1 Å². The van der Waals surface area contributed by atoms with Crippen LogP contribution >= 0.6 is 34.9 Å². The number of nitrogens with zero attached hydrogens (tertiary/aromatic N) is 4. The summed E-state index contributed by atoms with van der Waals surface area (Å²) in [6.07, 6.45) is 1.89. The summed E-state index contributed by atoms with van der Waals surface area (Å²) in [4.78, 5) is 48.6. The third-order valence-corrected chi connectivity index (χ3v) is 8.51. The molecule has 11 nitrogen and oxygen atoms in total. The minimum absolute atomic E-state index is 0.0784. The zero-order valence-electron chi connectivity index (χ0n) is 18.9. The molecule has 0 unspecified atom stereocenters. The van der Waals surface area contributed by atoms with Crippen molar-refractivity contribution in [2.75, 3.05) is 30.5 Å². The molecule has 2 aliphatic rings. The first-order valence-electron chi connectivity index (χ1n) is 10.6.